The third-order valence-corrected chi connectivity index (χ3v) is 8.35. The summed E-state index contributed by atoms with van der Waals surface area (Å²) in [6, 6.07) is 23.7. The number of allylic oxidation sites excluding steroid dienone is 1. The quantitative estimate of drug-likeness (QED) is 0.532. The summed E-state index contributed by atoms with van der Waals surface area (Å²) in [6.07, 6.45) is 0. The maximum atomic E-state index is 4.64. The molecule has 0 fully saturated rings. The van der Waals surface area contributed by atoms with Crippen LogP contribution in [0, 0.1) is 13.8 Å². The van der Waals surface area contributed by atoms with Gasteiger partial charge in [-0.25, -0.2) is 0 Å². The molecule has 0 spiro atoms. The van der Waals surface area contributed by atoms with Gasteiger partial charge in [0.25, 0.3) is 0 Å². The van der Waals surface area contributed by atoms with E-state index in [2.05, 4.69) is 95.3 Å². The Labute approximate surface area is 156 Å². The molecule has 3 aromatic rings. The zero-order valence-electron chi connectivity index (χ0n) is 13.8. The zero-order chi connectivity index (χ0) is 16.8. The topological polar surface area (TPSA) is 17.8 Å². The molecule has 2 nitrogen and oxygen atoms in total. The minimum atomic E-state index is 0.337. The molecule has 0 bridgehead atoms. The first-order chi connectivity index (χ1) is 11.7. The van der Waals surface area contributed by atoms with E-state index in [-0.39, 0.29) is 0 Å². The summed E-state index contributed by atoms with van der Waals surface area (Å²) in [4.78, 5) is 2.45. The Morgan fingerprint density at radius 2 is 1.58 bits per heavy atom. The molecule has 3 rings (SSSR count). The number of aromatic nitrogens is 2. The average molecular weight is 446 g/mol. The van der Waals surface area contributed by atoms with E-state index in [4.69, 9.17) is 0 Å². The van der Waals surface area contributed by atoms with Gasteiger partial charge in [0, 0.05) is 0 Å². The van der Waals surface area contributed by atoms with Crippen molar-refractivity contribution in [3.8, 4) is 0 Å². The molecule has 1 heterocycles. The van der Waals surface area contributed by atoms with Crippen molar-refractivity contribution in [2.45, 2.75) is 20.4 Å². The fourth-order valence-corrected chi connectivity index (χ4v) is 6.52. The van der Waals surface area contributed by atoms with Crippen LogP contribution in [0.15, 0.2) is 76.2 Å². The Morgan fingerprint density at radius 3 is 2.17 bits per heavy atom. The van der Waals surface area contributed by atoms with Gasteiger partial charge in [-0.1, -0.05) is 0 Å². The number of hydrogen-bond donors (Lipinski definition) is 0. The maximum absolute atomic E-state index is 4.64. The summed E-state index contributed by atoms with van der Waals surface area (Å²) in [7, 11) is 0. The van der Waals surface area contributed by atoms with Gasteiger partial charge in [-0.15, -0.1) is 0 Å². The van der Waals surface area contributed by atoms with Crippen molar-refractivity contribution in [3.63, 3.8) is 0 Å². The molecule has 1 aromatic heterocycles. The van der Waals surface area contributed by atoms with Gasteiger partial charge in [-0.2, -0.15) is 0 Å². The van der Waals surface area contributed by atoms with Crippen molar-refractivity contribution in [3.05, 3.63) is 87.6 Å². The number of rotatable bonds is 6. The molecule has 4 heteroatoms. The van der Waals surface area contributed by atoms with Crippen molar-refractivity contribution in [1.29, 1.82) is 0 Å². The Balaban J connectivity index is 1.81. The van der Waals surface area contributed by atoms with Crippen LogP contribution in [0.4, 0.5) is 0 Å². The fraction of sp³-hybridized carbons (Fsp3) is 0.150. The number of benzene rings is 2. The molecular formula is C20H20N2Se2. The van der Waals surface area contributed by atoms with Gasteiger partial charge in [-0.3, -0.25) is 0 Å². The molecule has 0 N–H and O–H groups in total. The van der Waals surface area contributed by atoms with Crippen molar-refractivity contribution in [2.75, 3.05) is 0 Å². The van der Waals surface area contributed by atoms with Gasteiger partial charge in [0.1, 0.15) is 0 Å². The molecule has 0 aliphatic carbocycles. The Morgan fingerprint density at radius 1 is 0.958 bits per heavy atom. The second-order valence-corrected chi connectivity index (χ2v) is 10.0. The molecule has 122 valence electrons. The van der Waals surface area contributed by atoms with E-state index in [9.17, 15) is 0 Å². The van der Waals surface area contributed by atoms with Gasteiger partial charge in [0.2, 0.25) is 0 Å². The predicted octanol–water partition coefficient (Wildman–Crippen LogP) is 2.40. The van der Waals surface area contributed by atoms with E-state index in [0.29, 0.717) is 29.9 Å². The third kappa shape index (κ3) is 4.96. The zero-order valence-corrected chi connectivity index (χ0v) is 17.3. The van der Waals surface area contributed by atoms with Crippen molar-refractivity contribution >= 4 is 38.8 Å². The van der Waals surface area contributed by atoms with E-state index in [1.54, 1.807) is 0 Å². The first kappa shape index (κ1) is 17.3. The van der Waals surface area contributed by atoms with Crippen LogP contribution in [0.1, 0.15) is 11.4 Å². The predicted molar refractivity (Wildman–Crippen MR) is 103 cm³/mol. The van der Waals surface area contributed by atoms with E-state index in [1.807, 2.05) is 0 Å². The molecule has 0 unspecified atom stereocenters. The number of aryl methyl sites for hydroxylation is 2. The Kier molecular flexibility index (Phi) is 6.12. The van der Waals surface area contributed by atoms with E-state index < -0.39 is 0 Å². The Bertz CT molecular complexity index is 808. The molecule has 0 radical (unpaired) electrons. The first-order valence-electron chi connectivity index (χ1n) is 7.85. The molecule has 0 amide bonds. The van der Waals surface area contributed by atoms with Crippen molar-refractivity contribution in [1.82, 2.24) is 9.78 Å². The van der Waals surface area contributed by atoms with Crippen LogP contribution in [0.2, 0.25) is 0 Å². The van der Waals surface area contributed by atoms with Crippen LogP contribution in [-0.2, 0) is 6.54 Å². The molecule has 0 saturated carbocycles. The van der Waals surface area contributed by atoms with Crippen LogP contribution in [0.25, 0.3) is 0 Å². The minimum absolute atomic E-state index is 0.337. The summed E-state index contributed by atoms with van der Waals surface area (Å²) < 4.78 is 6.46. The third-order valence-electron chi connectivity index (χ3n) is 3.47. The van der Waals surface area contributed by atoms with Gasteiger partial charge in [0.15, 0.2) is 0 Å². The Hall–Kier alpha value is -1.57. The molecule has 0 saturated heterocycles. The summed E-state index contributed by atoms with van der Waals surface area (Å²) in [5.41, 5.74) is 2.32. The standard InChI is InChI=1S/C20H20N2Se2/c1-16-13-17(2)22(21-16)14-20(24-19-11-7-4-8-12-19)15-23-18-9-5-3-6-10-18/h3-13,15H,14H2,1-2H3/b20-15+. The summed E-state index contributed by atoms with van der Waals surface area (Å²) in [5, 5.41) is 4.64. The second-order valence-electron chi connectivity index (χ2n) is 5.51. The van der Waals surface area contributed by atoms with Crippen molar-refractivity contribution in [2.24, 2.45) is 0 Å². The first-order valence-corrected chi connectivity index (χ1v) is 11.4. The number of hydrogen-bond acceptors (Lipinski definition) is 1. The summed E-state index contributed by atoms with van der Waals surface area (Å²) in [6.45, 7) is 5.09. The van der Waals surface area contributed by atoms with Gasteiger partial charge < -0.3 is 0 Å². The van der Waals surface area contributed by atoms with Gasteiger partial charge in [-0.05, 0) is 0 Å². The van der Waals surface area contributed by atoms with Gasteiger partial charge in [0.05, 0.1) is 0 Å². The van der Waals surface area contributed by atoms with E-state index in [0.717, 1.165) is 12.2 Å². The molecule has 0 aliphatic rings. The van der Waals surface area contributed by atoms with Crippen LogP contribution in [-0.4, -0.2) is 39.7 Å². The molecule has 24 heavy (non-hydrogen) atoms. The van der Waals surface area contributed by atoms with Crippen LogP contribution < -0.4 is 8.92 Å². The molecular weight excluding hydrogens is 426 g/mol. The molecule has 0 aliphatic heterocycles. The molecule has 0 atom stereocenters. The monoisotopic (exact) mass is 448 g/mol. The SMILES string of the molecule is Cc1cc(C)n(C/C(=C\[Se]c2ccccc2)[Se]c2ccccc2)n1. The van der Waals surface area contributed by atoms with E-state index in [1.165, 1.54) is 19.1 Å². The number of nitrogens with zero attached hydrogens (tertiary/aromatic N) is 2. The fourth-order valence-electron chi connectivity index (χ4n) is 2.35. The average Bonchev–Trinajstić information content (AvgIpc) is 2.92. The van der Waals surface area contributed by atoms with Crippen molar-refractivity contribution < 1.29 is 0 Å². The van der Waals surface area contributed by atoms with Crippen LogP contribution in [0.5, 0.6) is 0 Å². The van der Waals surface area contributed by atoms with Crippen LogP contribution in [0.3, 0.4) is 0 Å². The molecule has 2 aromatic carbocycles. The van der Waals surface area contributed by atoms with Gasteiger partial charge >= 0.3 is 157 Å². The van der Waals surface area contributed by atoms with E-state index >= 15 is 0 Å². The second kappa shape index (κ2) is 8.50. The normalized spacial score (nSPS) is 11.7. The summed E-state index contributed by atoms with van der Waals surface area (Å²) in [5.74, 6) is 0. The summed E-state index contributed by atoms with van der Waals surface area (Å²) >= 11 is 0.702. The van der Waals surface area contributed by atoms with Crippen LogP contribution >= 0.6 is 0 Å².